The summed E-state index contributed by atoms with van der Waals surface area (Å²) >= 11 is 0. The zero-order chi connectivity index (χ0) is 15.0. The Kier molecular flexibility index (Phi) is 7.90. The summed E-state index contributed by atoms with van der Waals surface area (Å²) in [6.07, 6.45) is 6.67. The third-order valence-electron chi connectivity index (χ3n) is 3.99. The zero-order valence-electron chi connectivity index (χ0n) is 13.7. The first-order valence-corrected chi connectivity index (χ1v) is 8.05. The van der Waals surface area contributed by atoms with E-state index in [1.54, 1.807) is 0 Å². The standard InChI is InChI=1S/C17H31NO2/c1-5-20-17(19)16-9-11-18(12-10-16)13-15(4)8-6-7-14(2)3/h7,15-16H,5-6,8-13H2,1-4H3/t15-/m1/s1. The van der Waals surface area contributed by atoms with Gasteiger partial charge in [-0.25, -0.2) is 0 Å². The number of piperidine rings is 1. The van der Waals surface area contributed by atoms with E-state index in [4.69, 9.17) is 4.74 Å². The maximum absolute atomic E-state index is 11.7. The van der Waals surface area contributed by atoms with Crippen molar-refractivity contribution in [1.82, 2.24) is 4.90 Å². The first kappa shape index (κ1) is 17.2. The SMILES string of the molecule is CCOC(=O)C1CCN(C[C@H](C)CCC=C(C)C)CC1. The fourth-order valence-electron chi connectivity index (χ4n) is 2.80. The van der Waals surface area contributed by atoms with Gasteiger partial charge in [-0.05, 0) is 65.5 Å². The molecule has 1 aliphatic rings. The molecule has 0 spiro atoms. The van der Waals surface area contributed by atoms with Crippen molar-refractivity contribution in [3.8, 4) is 0 Å². The van der Waals surface area contributed by atoms with E-state index in [9.17, 15) is 4.79 Å². The Balaban J connectivity index is 2.21. The number of allylic oxidation sites excluding steroid dienone is 2. The second-order valence-electron chi connectivity index (χ2n) is 6.29. The number of rotatable bonds is 7. The molecule has 0 unspecified atom stereocenters. The highest BCUT2D eigenvalue weighted by atomic mass is 16.5. The number of carbonyl (C=O) groups excluding carboxylic acids is 1. The summed E-state index contributed by atoms with van der Waals surface area (Å²) in [5, 5.41) is 0. The summed E-state index contributed by atoms with van der Waals surface area (Å²) in [4.78, 5) is 14.2. The molecular weight excluding hydrogens is 250 g/mol. The van der Waals surface area contributed by atoms with E-state index >= 15 is 0 Å². The average molecular weight is 281 g/mol. The van der Waals surface area contributed by atoms with Gasteiger partial charge in [0.2, 0.25) is 0 Å². The lowest BCUT2D eigenvalue weighted by Gasteiger charge is -2.32. The van der Waals surface area contributed by atoms with Gasteiger partial charge < -0.3 is 9.64 Å². The molecule has 20 heavy (non-hydrogen) atoms. The Hall–Kier alpha value is -0.830. The van der Waals surface area contributed by atoms with E-state index < -0.39 is 0 Å². The van der Waals surface area contributed by atoms with Crippen molar-refractivity contribution in [3.63, 3.8) is 0 Å². The topological polar surface area (TPSA) is 29.5 Å². The van der Waals surface area contributed by atoms with Crippen molar-refractivity contribution in [2.24, 2.45) is 11.8 Å². The van der Waals surface area contributed by atoms with Gasteiger partial charge in [0, 0.05) is 6.54 Å². The molecule has 0 aliphatic carbocycles. The number of nitrogens with zero attached hydrogens (tertiary/aromatic N) is 1. The molecular formula is C17H31NO2. The molecule has 0 aromatic rings. The summed E-state index contributed by atoms with van der Waals surface area (Å²) in [6, 6.07) is 0. The molecule has 3 nitrogen and oxygen atoms in total. The van der Waals surface area contributed by atoms with Crippen LogP contribution < -0.4 is 0 Å². The van der Waals surface area contributed by atoms with Gasteiger partial charge in [0.25, 0.3) is 0 Å². The van der Waals surface area contributed by atoms with Crippen LogP contribution in [0.4, 0.5) is 0 Å². The predicted octanol–water partition coefficient (Wildman–Crippen LogP) is 3.64. The highest BCUT2D eigenvalue weighted by molar-refractivity contribution is 5.72. The van der Waals surface area contributed by atoms with Crippen LogP contribution in [0.5, 0.6) is 0 Å². The molecule has 0 aromatic heterocycles. The average Bonchev–Trinajstić information content (AvgIpc) is 2.39. The van der Waals surface area contributed by atoms with Crippen LogP contribution in [0.2, 0.25) is 0 Å². The largest absolute Gasteiger partial charge is 0.466 e. The van der Waals surface area contributed by atoms with Crippen LogP contribution in [-0.4, -0.2) is 37.1 Å². The molecule has 1 saturated heterocycles. The maximum atomic E-state index is 11.7. The van der Waals surface area contributed by atoms with Crippen molar-refractivity contribution < 1.29 is 9.53 Å². The van der Waals surface area contributed by atoms with Crippen LogP contribution in [0, 0.1) is 11.8 Å². The van der Waals surface area contributed by atoms with Gasteiger partial charge in [-0.3, -0.25) is 4.79 Å². The molecule has 0 radical (unpaired) electrons. The summed E-state index contributed by atoms with van der Waals surface area (Å²) in [7, 11) is 0. The Morgan fingerprint density at radius 3 is 2.55 bits per heavy atom. The van der Waals surface area contributed by atoms with E-state index in [0.29, 0.717) is 6.61 Å². The van der Waals surface area contributed by atoms with Gasteiger partial charge >= 0.3 is 5.97 Å². The lowest BCUT2D eigenvalue weighted by molar-refractivity contribution is -0.149. The molecule has 1 aliphatic heterocycles. The molecule has 1 fully saturated rings. The van der Waals surface area contributed by atoms with Gasteiger partial charge in [0.1, 0.15) is 0 Å². The van der Waals surface area contributed by atoms with Crippen molar-refractivity contribution in [3.05, 3.63) is 11.6 Å². The first-order valence-electron chi connectivity index (χ1n) is 8.05. The maximum Gasteiger partial charge on any atom is 0.309 e. The van der Waals surface area contributed by atoms with Gasteiger partial charge in [-0.1, -0.05) is 18.6 Å². The third kappa shape index (κ3) is 6.56. The molecule has 116 valence electrons. The lowest BCUT2D eigenvalue weighted by Crippen LogP contribution is -2.39. The normalized spacial score (nSPS) is 18.6. The number of likely N-dealkylation sites (tertiary alicyclic amines) is 1. The first-order chi connectivity index (χ1) is 9.52. The smallest absolute Gasteiger partial charge is 0.309 e. The van der Waals surface area contributed by atoms with Crippen LogP contribution in [0.1, 0.15) is 53.4 Å². The molecule has 0 bridgehead atoms. The van der Waals surface area contributed by atoms with E-state index in [2.05, 4.69) is 31.7 Å². The molecule has 0 N–H and O–H groups in total. The molecule has 1 heterocycles. The Morgan fingerprint density at radius 1 is 1.35 bits per heavy atom. The molecule has 0 aromatic carbocycles. The van der Waals surface area contributed by atoms with Gasteiger partial charge in [0.05, 0.1) is 12.5 Å². The van der Waals surface area contributed by atoms with Crippen LogP contribution in [0.3, 0.4) is 0 Å². The summed E-state index contributed by atoms with van der Waals surface area (Å²) < 4.78 is 5.11. The molecule has 1 atom stereocenters. The van der Waals surface area contributed by atoms with Crippen LogP contribution in [0.25, 0.3) is 0 Å². The molecule has 0 amide bonds. The number of hydrogen-bond donors (Lipinski definition) is 0. The summed E-state index contributed by atoms with van der Waals surface area (Å²) in [5.74, 6) is 0.862. The number of hydrogen-bond acceptors (Lipinski definition) is 3. The monoisotopic (exact) mass is 281 g/mol. The minimum atomic E-state index is 0.00348. The van der Waals surface area contributed by atoms with Crippen molar-refractivity contribution in [1.29, 1.82) is 0 Å². The minimum absolute atomic E-state index is 0.00348. The molecule has 3 heteroatoms. The van der Waals surface area contributed by atoms with E-state index in [-0.39, 0.29) is 11.9 Å². The van der Waals surface area contributed by atoms with E-state index in [1.165, 1.54) is 18.4 Å². The Bertz CT molecular complexity index is 313. The van der Waals surface area contributed by atoms with E-state index in [1.807, 2.05) is 6.92 Å². The van der Waals surface area contributed by atoms with Crippen LogP contribution >= 0.6 is 0 Å². The predicted molar refractivity (Wildman–Crippen MR) is 83.6 cm³/mol. The summed E-state index contributed by atoms with van der Waals surface area (Å²) in [6.45, 7) is 12.3. The number of carbonyl (C=O) groups is 1. The number of esters is 1. The third-order valence-corrected chi connectivity index (χ3v) is 3.99. The second-order valence-corrected chi connectivity index (χ2v) is 6.29. The van der Waals surface area contributed by atoms with Crippen LogP contribution in [0.15, 0.2) is 11.6 Å². The zero-order valence-corrected chi connectivity index (χ0v) is 13.7. The second kappa shape index (κ2) is 9.17. The van der Waals surface area contributed by atoms with Gasteiger partial charge in [-0.2, -0.15) is 0 Å². The molecule has 0 saturated carbocycles. The van der Waals surface area contributed by atoms with E-state index in [0.717, 1.165) is 38.4 Å². The molecule has 1 rings (SSSR count). The van der Waals surface area contributed by atoms with Crippen molar-refractivity contribution in [2.75, 3.05) is 26.2 Å². The quantitative estimate of drug-likeness (QED) is 0.527. The van der Waals surface area contributed by atoms with Crippen molar-refractivity contribution >= 4 is 5.97 Å². The highest BCUT2D eigenvalue weighted by Crippen LogP contribution is 2.20. The fourth-order valence-corrected chi connectivity index (χ4v) is 2.80. The van der Waals surface area contributed by atoms with Crippen molar-refractivity contribution in [2.45, 2.75) is 53.4 Å². The number of ether oxygens (including phenoxy) is 1. The Labute approximate surface area is 124 Å². The lowest BCUT2D eigenvalue weighted by atomic mass is 9.95. The van der Waals surface area contributed by atoms with Gasteiger partial charge in [-0.15, -0.1) is 0 Å². The highest BCUT2D eigenvalue weighted by Gasteiger charge is 2.26. The minimum Gasteiger partial charge on any atom is -0.466 e. The van der Waals surface area contributed by atoms with Gasteiger partial charge in [0.15, 0.2) is 0 Å². The van der Waals surface area contributed by atoms with Crippen LogP contribution in [-0.2, 0) is 9.53 Å². The fraction of sp³-hybridized carbons (Fsp3) is 0.824. The Morgan fingerprint density at radius 2 is 2.00 bits per heavy atom. The summed E-state index contributed by atoms with van der Waals surface area (Å²) in [5.41, 5.74) is 1.41.